The third-order valence-corrected chi connectivity index (χ3v) is 3.43. The molecule has 1 aliphatic rings. The number of hydrogen-bond donors (Lipinski definition) is 1. The number of carbonyl (C=O) groups excluding carboxylic acids is 1. The van der Waals surface area contributed by atoms with Gasteiger partial charge in [0, 0.05) is 25.9 Å². The quantitative estimate of drug-likeness (QED) is 0.921. The second kappa shape index (κ2) is 7.69. The molecular formula is C14H18ClF3N2O2. The Hall–Kier alpha value is -1.47. The summed E-state index contributed by atoms with van der Waals surface area (Å²) in [6, 6.07) is 4.84. The molecule has 1 aliphatic heterocycles. The Balaban J connectivity index is 0.00000242. The average molecular weight is 339 g/mol. The first kappa shape index (κ1) is 18.6. The van der Waals surface area contributed by atoms with E-state index in [9.17, 15) is 18.0 Å². The highest BCUT2D eigenvalue weighted by Gasteiger charge is 2.31. The minimum Gasteiger partial charge on any atom is -0.490 e. The molecule has 0 saturated carbocycles. The van der Waals surface area contributed by atoms with E-state index < -0.39 is 11.7 Å². The third-order valence-electron chi connectivity index (χ3n) is 3.43. The van der Waals surface area contributed by atoms with Crippen molar-refractivity contribution in [1.82, 2.24) is 4.90 Å². The number of halogens is 4. The van der Waals surface area contributed by atoms with E-state index in [-0.39, 0.29) is 36.7 Å². The highest BCUT2D eigenvalue weighted by Crippen LogP contribution is 2.32. The zero-order valence-corrected chi connectivity index (χ0v) is 12.6. The van der Waals surface area contributed by atoms with Crippen molar-refractivity contribution in [3.8, 4) is 5.75 Å². The zero-order valence-electron chi connectivity index (χ0n) is 11.8. The maximum absolute atomic E-state index is 12.6. The van der Waals surface area contributed by atoms with E-state index in [2.05, 4.69) is 0 Å². The third kappa shape index (κ3) is 4.78. The fourth-order valence-electron chi connectivity index (χ4n) is 2.29. The number of benzene rings is 1. The minimum atomic E-state index is -4.38. The van der Waals surface area contributed by atoms with Crippen LogP contribution in [-0.4, -0.2) is 36.5 Å². The van der Waals surface area contributed by atoms with Gasteiger partial charge in [0.1, 0.15) is 11.9 Å². The molecule has 8 heteroatoms. The molecule has 22 heavy (non-hydrogen) atoms. The molecule has 1 fully saturated rings. The molecule has 1 heterocycles. The van der Waals surface area contributed by atoms with E-state index in [0.717, 1.165) is 12.1 Å². The highest BCUT2D eigenvalue weighted by atomic mass is 35.5. The molecule has 0 atom stereocenters. The Kier molecular flexibility index (Phi) is 6.49. The smallest absolute Gasteiger partial charge is 0.416 e. The summed E-state index contributed by atoms with van der Waals surface area (Å²) in [7, 11) is 0. The van der Waals surface area contributed by atoms with Gasteiger partial charge in [-0.05, 0) is 18.2 Å². The van der Waals surface area contributed by atoms with Crippen LogP contribution in [0.15, 0.2) is 24.3 Å². The van der Waals surface area contributed by atoms with E-state index in [1.165, 1.54) is 12.1 Å². The van der Waals surface area contributed by atoms with Gasteiger partial charge in [0.05, 0.1) is 12.1 Å². The van der Waals surface area contributed by atoms with Crippen LogP contribution in [0.4, 0.5) is 13.2 Å². The lowest BCUT2D eigenvalue weighted by Gasteiger charge is -2.32. The van der Waals surface area contributed by atoms with Crippen molar-refractivity contribution in [3.05, 3.63) is 29.8 Å². The summed E-state index contributed by atoms with van der Waals surface area (Å²) in [4.78, 5) is 13.1. The maximum atomic E-state index is 12.6. The monoisotopic (exact) mass is 338 g/mol. The molecule has 0 spiro atoms. The standard InChI is InChI=1S/C14H17F3N2O2.ClH/c15-14(16,17)10-2-1-3-12(8-10)21-11-4-6-19(7-5-11)13(20)9-18;/h1-3,8,11H,4-7,9,18H2;1H. The largest absolute Gasteiger partial charge is 0.490 e. The van der Waals surface area contributed by atoms with Crippen molar-refractivity contribution in [2.75, 3.05) is 19.6 Å². The highest BCUT2D eigenvalue weighted by molar-refractivity contribution is 5.85. The Labute approximate surface area is 132 Å². The Morgan fingerprint density at radius 1 is 1.32 bits per heavy atom. The maximum Gasteiger partial charge on any atom is 0.416 e. The number of piperidine rings is 1. The van der Waals surface area contributed by atoms with Crippen molar-refractivity contribution in [3.63, 3.8) is 0 Å². The molecule has 0 radical (unpaired) electrons. The Morgan fingerprint density at radius 3 is 2.50 bits per heavy atom. The van der Waals surface area contributed by atoms with Gasteiger partial charge in [-0.15, -0.1) is 12.4 Å². The van der Waals surface area contributed by atoms with Gasteiger partial charge in [-0.1, -0.05) is 6.07 Å². The number of carbonyl (C=O) groups is 1. The summed E-state index contributed by atoms with van der Waals surface area (Å²) >= 11 is 0. The van der Waals surface area contributed by atoms with Gasteiger partial charge in [-0.3, -0.25) is 4.79 Å². The molecule has 1 saturated heterocycles. The first-order chi connectivity index (χ1) is 9.90. The lowest BCUT2D eigenvalue weighted by atomic mass is 10.1. The fourth-order valence-corrected chi connectivity index (χ4v) is 2.29. The van der Waals surface area contributed by atoms with Crippen molar-refractivity contribution >= 4 is 18.3 Å². The lowest BCUT2D eigenvalue weighted by Crippen LogP contribution is -2.44. The van der Waals surface area contributed by atoms with Gasteiger partial charge < -0.3 is 15.4 Å². The van der Waals surface area contributed by atoms with Crippen LogP contribution in [0, 0.1) is 0 Å². The summed E-state index contributed by atoms with van der Waals surface area (Å²) in [5, 5.41) is 0. The molecule has 2 N–H and O–H groups in total. The van der Waals surface area contributed by atoms with E-state index in [0.29, 0.717) is 25.9 Å². The number of rotatable bonds is 3. The van der Waals surface area contributed by atoms with Crippen molar-refractivity contribution in [2.24, 2.45) is 5.73 Å². The molecule has 2 rings (SSSR count). The number of likely N-dealkylation sites (tertiary alicyclic amines) is 1. The van der Waals surface area contributed by atoms with Gasteiger partial charge in [0.15, 0.2) is 0 Å². The van der Waals surface area contributed by atoms with E-state index in [1.54, 1.807) is 4.90 Å². The van der Waals surface area contributed by atoms with E-state index in [1.807, 2.05) is 0 Å². The molecule has 1 amide bonds. The normalized spacial score (nSPS) is 16.1. The second-order valence-electron chi connectivity index (χ2n) is 4.93. The molecule has 124 valence electrons. The van der Waals surface area contributed by atoms with Crippen molar-refractivity contribution in [2.45, 2.75) is 25.1 Å². The average Bonchev–Trinajstić information content (AvgIpc) is 2.47. The van der Waals surface area contributed by atoms with E-state index >= 15 is 0 Å². The molecule has 1 aromatic rings. The number of ether oxygens (including phenoxy) is 1. The first-order valence-corrected chi connectivity index (χ1v) is 6.72. The second-order valence-corrected chi connectivity index (χ2v) is 4.93. The molecule has 0 aromatic heterocycles. The number of nitrogens with two attached hydrogens (primary N) is 1. The van der Waals surface area contributed by atoms with Gasteiger partial charge >= 0.3 is 6.18 Å². The summed E-state index contributed by atoms with van der Waals surface area (Å²) in [5.41, 5.74) is 4.56. The molecule has 1 aromatic carbocycles. The number of hydrogen-bond acceptors (Lipinski definition) is 3. The number of amides is 1. The summed E-state index contributed by atoms with van der Waals surface area (Å²) in [6.45, 7) is 0.998. The summed E-state index contributed by atoms with van der Waals surface area (Å²) in [6.07, 6.45) is -3.39. The van der Waals surface area contributed by atoms with Gasteiger partial charge in [0.25, 0.3) is 0 Å². The zero-order chi connectivity index (χ0) is 15.5. The van der Waals surface area contributed by atoms with Crippen LogP contribution in [0.25, 0.3) is 0 Å². The fraction of sp³-hybridized carbons (Fsp3) is 0.500. The van der Waals surface area contributed by atoms with Crippen LogP contribution in [0.3, 0.4) is 0 Å². The minimum absolute atomic E-state index is 0. The molecule has 4 nitrogen and oxygen atoms in total. The van der Waals surface area contributed by atoms with Gasteiger partial charge in [0.2, 0.25) is 5.91 Å². The lowest BCUT2D eigenvalue weighted by molar-refractivity contribution is -0.138. The number of nitrogens with zero attached hydrogens (tertiary/aromatic N) is 1. The summed E-state index contributed by atoms with van der Waals surface area (Å²) < 4.78 is 43.4. The predicted octanol–water partition coefficient (Wildman–Crippen LogP) is 2.46. The van der Waals surface area contributed by atoms with Crippen molar-refractivity contribution in [1.29, 1.82) is 0 Å². The van der Waals surface area contributed by atoms with Crippen LogP contribution in [0.1, 0.15) is 18.4 Å². The Morgan fingerprint density at radius 2 is 1.95 bits per heavy atom. The SMILES string of the molecule is Cl.NCC(=O)N1CCC(Oc2cccc(C(F)(F)F)c2)CC1. The van der Waals surface area contributed by atoms with Crippen LogP contribution in [-0.2, 0) is 11.0 Å². The molecule has 0 unspecified atom stereocenters. The van der Waals surface area contributed by atoms with Crippen LogP contribution < -0.4 is 10.5 Å². The van der Waals surface area contributed by atoms with Crippen LogP contribution in [0.2, 0.25) is 0 Å². The van der Waals surface area contributed by atoms with E-state index in [4.69, 9.17) is 10.5 Å². The van der Waals surface area contributed by atoms with Crippen LogP contribution in [0.5, 0.6) is 5.75 Å². The van der Waals surface area contributed by atoms with Crippen molar-refractivity contribution < 1.29 is 22.7 Å². The number of alkyl halides is 3. The molecule has 0 bridgehead atoms. The van der Waals surface area contributed by atoms with Crippen LogP contribution >= 0.6 is 12.4 Å². The topological polar surface area (TPSA) is 55.6 Å². The van der Waals surface area contributed by atoms with Gasteiger partial charge in [-0.2, -0.15) is 13.2 Å². The molecule has 0 aliphatic carbocycles. The van der Waals surface area contributed by atoms with Gasteiger partial charge in [-0.25, -0.2) is 0 Å². The Bertz CT molecular complexity index is 503. The summed E-state index contributed by atoms with van der Waals surface area (Å²) in [5.74, 6) is 0.0842. The molecular weight excluding hydrogens is 321 g/mol. The predicted molar refractivity (Wildman–Crippen MR) is 78.0 cm³/mol. The first-order valence-electron chi connectivity index (χ1n) is 6.72.